The van der Waals surface area contributed by atoms with E-state index in [4.69, 9.17) is 5.73 Å². The zero-order valence-electron chi connectivity index (χ0n) is 22.1. The van der Waals surface area contributed by atoms with Crippen molar-refractivity contribution in [3.63, 3.8) is 0 Å². The van der Waals surface area contributed by atoms with Gasteiger partial charge >= 0.3 is 42.2 Å². The maximum absolute atomic E-state index is 12.3. The van der Waals surface area contributed by atoms with Crippen molar-refractivity contribution in [1.29, 1.82) is 0 Å². The van der Waals surface area contributed by atoms with Gasteiger partial charge in [-0.3, -0.25) is 14.4 Å². The maximum Gasteiger partial charge on any atom is 0.422 e. The molecule has 43 heavy (non-hydrogen) atoms. The van der Waals surface area contributed by atoms with Crippen molar-refractivity contribution in [2.45, 2.75) is 44.5 Å². The second-order valence-electron chi connectivity index (χ2n) is 8.71. The summed E-state index contributed by atoms with van der Waals surface area (Å²) in [4.78, 5) is 46.7. The van der Waals surface area contributed by atoms with E-state index in [0.717, 1.165) is 4.90 Å². The van der Waals surface area contributed by atoms with Crippen LogP contribution >= 0.6 is 0 Å². The third-order valence-corrected chi connectivity index (χ3v) is 5.09. The van der Waals surface area contributed by atoms with Crippen molar-refractivity contribution >= 4 is 23.7 Å². The highest BCUT2D eigenvalue weighted by atomic mass is 19.4. The average molecular weight is 631 g/mol. The quantitative estimate of drug-likeness (QED) is 0.249. The highest BCUT2D eigenvalue weighted by Crippen LogP contribution is 2.22. The number of carbonyl (C=O) groups excluding carboxylic acids is 4. The van der Waals surface area contributed by atoms with E-state index in [0.29, 0.717) is 16.0 Å². The lowest BCUT2D eigenvalue weighted by Crippen LogP contribution is -2.41. The smallest absolute Gasteiger partial charge is 0.422 e. The second kappa shape index (κ2) is 16.4. The third-order valence-electron chi connectivity index (χ3n) is 5.09. The molecule has 2 aromatic carbocycles. The molecule has 0 fully saturated rings. The van der Waals surface area contributed by atoms with E-state index in [1.807, 2.05) is 0 Å². The van der Waals surface area contributed by atoms with Crippen molar-refractivity contribution in [2.24, 2.45) is 5.73 Å². The number of hydrogen-bond donors (Lipinski definition) is 1. The molecule has 0 bridgehead atoms. The van der Waals surface area contributed by atoms with E-state index >= 15 is 0 Å². The van der Waals surface area contributed by atoms with E-state index < -0.39 is 74.8 Å². The van der Waals surface area contributed by atoms with Gasteiger partial charge in [0, 0.05) is 26.2 Å². The normalized spacial score (nSPS) is 11.6. The zero-order valence-corrected chi connectivity index (χ0v) is 22.1. The average Bonchev–Trinajstić information content (AvgIpc) is 2.91. The molecule has 0 aliphatic heterocycles. The SMILES string of the molecule is NC(=O)C(=O)N(CCC(F)(F)F)Cc1ccccc1.O=C(OCC(F)(F)F)C(=O)N(CCC(F)(F)F)Cc1ccccc1. The number of ether oxygens (including phenoxy) is 1. The predicted molar refractivity (Wildman–Crippen MR) is 131 cm³/mol. The van der Waals surface area contributed by atoms with Crippen molar-refractivity contribution in [3.8, 4) is 0 Å². The monoisotopic (exact) mass is 631 g/mol. The first kappa shape index (κ1) is 36.7. The first-order chi connectivity index (χ1) is 19.8. The van der Waals surface area contributed by atoms with Crippen LogP contribution in [0.15, 0.2) is 60.7 Å². The molecule has 0 saturated heterocycles. The number of benzene rings is 2. The van der Waals surface area contributed by atoms with Crippen LogP contribution in [-0.4, -0.2) is 71.7 Å². The van der Waals surface area contributed by atoms with E-state index in [2.05, 4.69) is 4.74 Å². The van der Waals surface area contributed by atoms with Crippen LogP contribution in [-0.2, 0) is 37.0 Å². The first-order valence-electron chi connectivity index (χ1n) is 12.1. The highest BCUT2D eigenvalue weighted by molar-refractivity contribution is 6.34. The van der Waals surface area contributed by atoms with Crippen LogP contribution in [0.1, 0.15) is 24.0 Å². The maximum atomic E-state index is 12.3. The number of hydrogen-bond acceptors (Lipinski definition) is 5. The molecule has 3 amide bonds. The van der Waals surface area contributed by atoms with Gasteiger partial charge in [0.15, 0.2) is 6.61 Å². The number of halogens is 9. The lowest BCUT2D eigenvalue weighted by molar-refractivity contribution is -0.190. The summed E-state index contributed by atoms with van der Waals surface area (Å²) < 4.78 is 113. The summed E-state index contributed by atoms with van der Waals surface area (Å²) in [6.07, 6.45) is -16.4. The van der Waals surface area contributed by atoms with Crippen LogP contribution in [0.5, 0.6) is 0 Å². The summed E-state index contributed by atoms with van der Waals surface area (Å²) in [5.41, 5.74) is 5.86. The van der Waals surface area contributed by atoms with Gasteiger partial charge in [0.25, 0.3) is 0 Å². The van der Waals surface area contributed by atoms with Crippen LogP contribution in [0.4, 0.5) is 39.5 Å². The Morgan fingerprint density at radius 3 is 1.30 bits per heavy atom. The number of primary amides is 1. The fourth-order valence-corrected chi connectivity index (χ4v) is 3.13. The van der Waals surface area contributed by atoms with E-state index in [-0.39, 0.29) is 13.1 Å². The standard InChI is InChI=1S/C14H13F6NO3.C12H13F3N2O2/c15-13(16,17)6-7-21(8-10-4-2-1-3-5-10)11(22)12(23)24-9-14(18,19)20;13-12(14,15)6-7-17(11(19)10(16)18)8-9-4-2-1-3-5-9/h1-5H,6-9H2;1-5H,6-8H2,(H2,16,18). The Morgan fingerprint density at radius 1 is 0.605 bits per heavy atom. The molecule has 2 N–H and O–H groups in total. The Bertz CT molecular complexity index is 1190. The van der Waals surface area contributed by atoms with Crippen LogP contribution in [0, 0.1) is 0 Å². The topological polar surface area (TPSA) is 110 Å². The minimum absolute atomic E-state index is 0.0846. The van der Waals surface area contributed by atoms with Gasteiger partial charge in [0.05, 0.1) is 12.8 Å². The summed E-state index contributed by atoms with van der Waals surface area (Å²) in [6, 6.07) is 16.1. The van der Waals surface area contributed by atoms with Crippen LogP contribution in [0.3, 0.4) is 0 Å². The summed E-state index contributed by atoms with van der Waals surface area (Å²) in [5.74, 6) is -5.80. The number of nitrogens with two attached hydrogens (primary N) is 1. The van der Waals surface area contributed by atoms with Gasteiger partial charge in [-0.1, -0.05) is 60.7 Å². The van der Waals surface area contributed by atoms with Gasteiger partial charge in [-0.05, 0) is 11.1 Å². The molecule has 17 heteroatoms. The third kappa shape index (κ3) is 16.7. The lowest BCUT2D eigenvalue weighted by atomic mass is 10.2. The summed E-state index contributed by atoms with van der Waals surface area (Å²) in [7, 11) is 0. The molecular formula is C26H26F9N3O5. The van der Waals surface area contributed by atoms with Crippen molar-refractivity contribution in [3.05, 3.63) is 71.8 Å². The first-order valence-corrected chi connectivity index (χ1v) is 12.1. The molecule has 0 atom stereocenters. The highest BCUT2D eigenvalue weighted by Gasteiger charge is 2.35. The van der Waals surface area contributed by atoms with Gasteiger partial charge in [0.1, 0.15) is 0 Å². The van der Waals surface area contributed by atoms with Gasteiger partial charge in [-0.2, -0.15) is 39.5 Å². The predicted octanol–water partition coefficient (Wildman–Crippen LogP) is 4.53. The Morgan fingerprint density at radius 2 is 0.977 bits per heavy atom. The van der Waals surface area contributed by atoms with Crippen molar-refractivity contribution in [2.75, 3.05) is 19.7 Å². The Balaban J connectivity index is 0.000000442. The molecule has 8 nitrogen and oxygen atoms in total. The largest absolute Gasteiger partial charge is 0.449 e. The minimum Gasteiger partial charge on any atom is -0.449 e. The molecule has 0 aliphatic carbocycles. The molecule has 2 rings (SSSR count). The van der Waals surface area contributed by atoms with Gasteiger partial charge in [-0.15, -0.1) is 0 Å². The van der Waals surface area contributed by atoms with Crippen LogP contribution in [0.2, 0.25) is 0 Å². The molecule has 0 aromatic heterocycles. The number of alkyl halides is 9. The van der Waals surface area contributed by atoms with Crippen molar-refractivity contribution in [1.82, 2.24) is 9.80 Å². The Kier molecular flexibility index (Phi) is 14.0. The van der Waals surface area contributed by atoms with Gasteiger partial charge < -0.3 is 20.3 Å². The number of nitrogens with zero attached hydrogens (tertiary/aromatic N) is 2. The van der Waals surface area contributed by atoms with Crippen LogP contribution < -0.4 is 5.73 Å². The minimum atomic E-state index is -4.84. The van der Waals surface area contributed by atoms with Gasteiger partial charge in [0.2, 0.25) is 0 Å². The van der Waals surface area contributed by atoms with E-state index in [9.17, 15) is 58.7 Å². The fraction of sp³-hybridized carbons (Fsp3) is 0.385. The molecular weight excluding hydrogens is 605 g/mol. The molecule has 0 heterocycles. The molecule has 0 unspecified atom stereocenters. The molecule has 0 spiro atoms. The number of rotatable bonds is 9. The van der Waals surface area contributed by atoms with Crippen molar-refractivity contribution < 1.29 is 63.4 Å². The molecule has 238 valence electrons. The van der Waals surface area contributed by atoms with E-state index in [1.165, 1.54) is 12.1 Å². The summed E-state index contributed by atoms with van der Waals surface area (Å²) in [6.45, 7) is -3.91. The van der Waals surface area contributed by atoms with Gasteiger partial charge in [-0.25, -0.2) is 4.79 Å². The summed E-state index contributed by atoms with van der Waals surface area (Å²) in [5, 5.41) is 0. The fourth-order valence-electron chi connectivity index (χ4n) is 3.13. The van der Waals surface area contributed by atoms with Crippen LogP contribution in [0.25, 0.3) is 0 Å². The Hall–Kier alpha value is -4.31. The number of carbonyl (C=O) groups is 4. The second-order valence-corrected chi connectivity index (χ2v) is 8.71. The molecule has 2 aromatic rings. The molecule has 0 saturated carbocycles. The summed E-state index contributed by atoms with van der Waals surface area (Å²) >= 11 is 0. The number of esters is 1. The lowest BCUT2D eigenvalue weighted by Gasteiger charge is -2.22. The number of amides is 3. The molecule has 0 radical (unpaired) electrons. The van der Waals surface area contributed by atoms with E-state index in [1.54, 1.807) is 48.5 Å². The zero-order chi connectivity index (χ0) is 32.8. The molecule has 0 aliphatic rings. The Labute approximate surface area is 239 Å².